The highest BCUT2D eigenvalue weighted by Crippen LogP contribution is 2.26. The van der Waals surface area contributed by atoms with Gasteiger partial charge in [0.25, 0.3) is 0 Å². The normalized spacial score (nSPS) is 16.1. The fraction of sp³-hybridized carbons (Fsp3) is 0.348. The largest absolute Gasteiger partial charge is 0.493 e. The maximum atomic E-state index is 12.5. The van der Waals surface area contributed by atoms with E-state index in [-0.39, 0.29) is 5.91 Å². The van der Waals surface area contributed by atoms with Crippen molar-refractivity contribution in [3.05, 3.63) is 65.2 Å². The van der Waals surface area contributed by atoms with Gasteiger partial charge >= 0.3 is 0 Å². The summed E-state index contributed by atoms with van der Waals surface area (Å²) in [6, 6.07) is 14.5. The van der Waals surface area contributed by atoms with Crippen LogP contribution >= 0.6 is 0 Å². The number of carbonyl (C=O) groups excluding carboxylic acids is 1. The number of rotatable bonds is 5. The highest BCUT2D eigenvalue weighted by molar-refractivity contribution is 5.91. The van der Waals surface area contributed by atoms with Crippen molar-refractivity contribution in [2.75, 3.05) is 44.9 Å². The molecule has 0 bridgehead atoms. The minimum atomic E-state index is -0.00555. The lowest BCUT2D eigenvalue weighted by molar-refractivity contribution is -0.125. The second-order valence-corrected chi connectivity index (χ2v) is 7.26. The van der Waals surface area contributed by atoms with Gasteiger partial charge in [0.05, 0.1) is 19.8 Å². The summed E-state index contributed by atoms with van der Waals surface area (Å²) in [5, 5.41) is 0. The molecule has 1 fully saturated rings. The number of morpholine rings is 1. The standard InChI is InChI=1S/C23H26N2O3/c1-24(17-19-2-6-21(7-3-19)25-11-14-27-15-12-25)23(26)9-5-18-4-8-22-20(16-18)10-13-28-22/h2-9,16H,10-15,17H2,1H3/b9-5+. The van der Waals surface area contributed by atoms with E-state index in [1.165, 1.54) is 11.3 Å². The van der Waals surface area contributed by atoms with Gasteiger partial charge in [0.1, 0.15) is 5.75 Å². The first kappa shape index (κ1) is 18.6. The maximum absolute atomic E-state index is 12.5. The number of hydrogen-bond donors (Lipinski definition) is 0. The lowest BCUT2D eigenvalue weighted by Gasteiger charge is -2.29. The molecule has 2 heterocycles. The second kappa shape index (κ2) is 8.48. The van der Waals surface area contributed by atoms with Gasteiger partial charge in [0, 0.05) is 44.9 Å². The number of hydrogen-bond acceptors (Lipinski definition) is 4. The van der Waals surface area contributed by atoms with Crippen LogP contribution in [0.25, 0.3) is 6.08 Å². The first-order valence-electron chi connectivity index (χ1n) is 9.79. The molecule has 28 heavy (non-hydrogen) atoms. The van der Waals surface area contributed by atoms with E-state index in [4.69, 9.17) is 9.47 Å². The predicted octanol–water partition coefficient (Wildman–Crippen LogP) is 3.13. The van der Waals surface area contributed by atoms with E-state index in [0.29, 0.717) is 6.54 Å². The number of benzene rings is 2. The van der Waals surface area contributed by atoms with E-state index in [1.807, 2.05) is 25.3 Å². The maximum Gasteiger partial charge on any atom is 0.246 e. The van der Waals surface area contributed by atoms with Gasteiger partial charge in [-0.25, -0.2) is 0 Å². The van der Waals surface area contributed by atoms with Gasteiger partial charge in [-0.15, -0.1) is 0 Å². The molecule has 0 atom stereocenters. The van der Waals surface area contributed by atoms with Crippen LogP contribution in [-0.4, -0.2) is 50.8 Å². The molecule has 0 saturated carbocycles. The molecule has 1 saturated heterocycles. The van der Waals surface area contributed by atoms with Crippen LogP contribution in [0.4, 0.5) is 5.69 Å². The molecule has 1 amide bonds. The van der Waals surface area contributed by atoms with Crippen molar-refractivity contribution >= 4 is 17.7 Å². The quantitative estimate of drug-likeness (QED) is 0.750. The van der Waals surface area contributed by atoms with Crippen molar-refractivity contribution in [1.82, 2.24) is 4.90 Å². The number of amides is 1. The summed E-state index contributed by atoms with van der Waals surface area (Å²) < 4.78 is 10.9. The molecule has 0 aliphatic carbocycles. The van der Waals surface area contributed by atoms with Crippen molar-refractivity contribution < 1.29 is 14.3 Å². The highest BCUT2D eigenvalue weighted by Gasteiger charge is 2.13. The Hall–Kier alpha value is -2.79. The molecule has 2 aliphatic heterocycles. The number of nitrogens with zero attached hydrogens (tertiary/aromatic N) is 2. The lowest BCUT2D eigenvalue weighted by Crippen LogP contribution is -2.36. The van der Waals surface area contributed by atoms with E-state index in [2.05, 4.69) is 35.2 Å². The smallest absolute Gasteiger partial charge is 0.246 e. The molecule has 146 valence electrons. The van der Waals surface area contributed by atoms with E-state index < -0.39 is 0 Å². The molecule has 2 aliphatic rings. The molecule has 0 aromatic heterocycles. The summed E-state index contributed by atoms with van der Waals surface area (Å²) in [6.45, 7) is 4.75. The van der Waals surface area contributed by atoms with Crippen LogP contribution in [0.2, 0.25) is 0 Å². The van der Waals surface area contributed by atoms with Crippen LogP contribution in [0.5, 0.6) is 5.75 Å². The van der Waals surface area contributed by atoms with Crippen LogP contribution in [0.3, 0.4) is 0 Å². The second-order valence-electron chi connectivity index (χ2n) is 7.26. The average Bonchev–Trinajstić information content (AvgIpc) is 3.21. The molecule has 0 unspecified atom stereocenters. The zero-order chi connectivity index (χ0) is 19.3. The number of fused-ring (bicyclic) bond motifs is 1. The van der Waals surface area contributed by atoms with E-state index in [9.17, 15) is 4.79 Å². The van der Waals surface area contributed by atoms with Crippen LogP contribution in [0.15, 0.2) is 48.5 Å². The van der Waals surface area contributed by atoms with Crippen LogP contribution in [0, 0.1) is 0 Å². The van der Waals surface area contributed by atoms with Gasteiger partial charge in [0.2, 0.25) is 5.91 Å². The number of anilines is 1. The summed E-state index contributed by atoms with van der Waals surface area (Å²) in [5.41, 5.74) is 4.57. The first-order chi connectivity index (χ1) is 13.7. The fourth-order valence-electron chi connectivity index (χ4n) is 3.59. The van der Waals surface area contributed by atoms with Crippen molar-refractivity contribution in [2.24, 2.45) is 0 Å². The minimum absolute atomic E-state index is 0.00555. The number of carbonyl (C=O) groups is 1. The summed E-state index contributed by atoms with van der Waals surface area (Å²) in [6.07, 6.45) is 4.45. The topological polar surface area (TPSA) is 42.0 Å². The Labute approximate surface area is 166 Å². The zero-order valence-corrected chi connectivity index (χ0v) is 16.3. The summed E-state index contributed by atoms with van der Waals surface area (Å²) >= 11 is 0. The van der Waals surface area contributed by atoms with Crippen molar-refractivity contribution in [2.45, 2.75) is 13.0 Å². The molecular formula is C23H26N2O3. The highest BCUT2D eigenvalue weighted by atomic mass is 16.5. The number of ether oxygens (including phenoxy) is 2. The third-order valence-corrected chi connectivity index (χ3v) is 5.24. The van der Waals surface area contributed by atoms with Gasteiger partial charge in [-0.2, -0.15) is 0 Å². The van der Waals surface area contributed by atoms with Gasteiger partial charge in [-0.05, 0) is 47.0 Å². The molecule has 5 heteroatoms. The number of likely N-dealkylation sites (N-methyl/N-ethyl adjacent to an activating group) is 1. The monoisotopic (exact) mass is 378 g/mol. The van der Waals surface area contributed by atoms with Gasteiger partial charge in [-0.3, -0.25) is 4.79 Å². The third kappa shape index (κ3) is 4.37. The molecule has 5 nitrogen and oxygen atoms in total. The Balaban J connectivity index is 1.33. The summed E-state index contributed by atoms with van der Waals surface area (Å²) in [4.78, 5) is 16.5. The Kier molecular flexibility index (Phi) is 5.63. The Morgan fingerprint density at radius 1 is 1.11 bits per heavy atom. The van der Waals surface area contributed by atoms with E-state index in [1.54, 1.807) is 11.0 Å². The van der Waals surface area contributed by atoms with Gasteiger partial charge in [-0.1, -0.05) is 18.2 Å². The van der Waals surface area contributed by atoms with Gasteiger partial charge in [0.15, 0.2) is 0 Å². The molecule has 2 aromatic rings. The molecule has 0 radical (unpaired) electrons. The molecule has 0 spiro atoms. The average molecular weight is 378 g/mol. The summed E-state index contributed by atoms with van der Waals surface area (Å²) in [7, 11) is 1.83. The minimum Gasteiger partial charge on any atom is -0.493 e. The Bertz CT molecular complexity index is 855. The summed E-state index contributed by atoms with van der Waals surface area (Å²) in [5.74, 6) is 0.954. The van der Waals surface area contributed by atoms with Crippen LogP contribution < -0.4 is 9.64 Å². The lowest BCUT2D eigenvalue weighted by atomic mass is 10.1. The van der Waals surface area contributed by atoms with Crippen molar-refractivity contribution in [3.8, 4) is 5.75 Å². The third-order valence-electron chi connectivity index (χ3n) is 5.24. The Morgan fingerprint density at radius 2 is 1.89 bits per heavy atom. The zero-order valence-electron chi connectivity index (χ0n) is 16.3. The first-order valence-corrected chi connectivity index (χ1v) is 9.79. The van der Waals surface area contributed by atoms with E-state index in [0.717, 1.165) is 56.2 Å². The predicted molar refractivity (Wildman–Crippen MR) is 111 cm³/mol. The van der Waals surface area contributed by atoms with Crippen LogP contribution in [-0.2, 0) is 22.5 Å². The van der Waals surface area contributed by atoms with Crippen LogP contribution in [0.1, 0.15) is 16.7 Å². The molecular weight excluding hydrogens is 352 g/mol. The Morgan fingerprint density at radius 3 is 2.68 bits per heavy atom. The molecule has 4 rings (SSSR count). The molecule has 0 N–H and O–H groups in total. The van der Waals surface area contributed by atoms with Crippen molar-refractivity contribution in [3.63, 3.8) is 0 Å². The van der Waals surface area contributed by atoms with E-state index >= 15 is 0 Å². The molecule has 2 aromatic carbocycles. The van der Waals surface area contributed by atoms with Crippen molar-refractivity contribution in [1.29, 1.82) is 0 Å². The SMILES string of the molecule is CN(Cc1ccc(N2CCOCC2)cc1)C(=O)/C=C/c1ccc2c(c1)CCO2. The van der Waals surface area contributed by atoms with Gasteiger partial charge < -0.3 is 19.3 Å². The fourth-order valence-corrected chi connectivity index (χ4v) is 3.59.